The maximum absolute atomic E-state index is 13.4. The molecule has 2 aliphatic rings. The molecular weight excluding hydrogens is 368 g/mol. The third kappa shape index (κ3) is 4.46. The number of para-hydroxylation sites is 1. The lowest BCUT2D eigenvalue weighted by atomic mass is 9.77. The fraction of sp³-hybridized carbons (Fsp3) is 0.609. The van der Waals surface area contributed by atoms with Crippen LogP contribution < -0.4 is 4.90 Å². The lowest BCUT2D eigenvalue weighted by molar-refractivity contribution is -0.148. The molecule has 1 aromatic carbocycles. The average Bonchev–Trinajstić information content (AvgIpc) is 3.19. The summed E-state index contributed by atoms with van der Waals surface area (Å²) < 4.78 is 4.81. The summed E-state index contributed by atoms with van der Waals surface area (Å²) in [5, 5.41) is 0. The number of carbonyl (C=O) groups excluding carboxylic acids is 3. The second-order valence-electron chi connectivity index (χ2n) is 8.17. The second kappa shape index (κ2) is 9.42. The highest BCUT2D eigenvalue weighted by atomic mass is 16.5. The van der Waals surface area contributed by atoms with E-state index in [4.69, 9.17) is 4.74 Å². The molecule has 0 aromatic heterocycles. The van der Waals surface area contributed by atoms with Crippen molar-refractivity contribution < 1.29 is 19.1 Å². The Morgan fingerprint density at radius 3 is 2.55 bits per heavy atom. The Kier molecular flexibility index (Phi) is 6.93. The van der Waals surface area contributed by atoms with Crippen molar-refractivity contribution in [2.45, 2.75) is 46.0 Å². The van der Waals surface area contributed by atoms with Crippen molar-refractivity contribution in [1.82, 2.24) is 4.90 Å². The van der Waals surface area contributed by atoms with E-state index < -0.39 is 0 Å². The van der Waals surface area contributed by atoms with Gasteiger partial charge in [-0.05, 0) is 37.8 Å². The van der Waals surface area contributed by atoms with Crippen LogP contribution >= 0.6 is 0 Å². The van der Waals surface area contributed by atoms with Gasteiger partial charge in [-0.25, -0.2) is 0 Å². The highest BCUT2D eigenvalue weighted by Gasteiger charge is 2.41. The van der Waals surface area contributed by atoms with Crippen molar-refractivity contribution in [3.05, 3.63) is 29.8 Å². The van der Waals surface area contributed by atoms with Gasteiger partial charge in [-0.2, -0.15) is 0 Å². The van der Waals surface area contributed by atoms with Gasteiger partial charge in [-0.15, -0.1) is 0 Å². The Balaban J connectivity index is 1.76. The van der Waals surface area contributed by atoms with E-state index in [1.807, 2.05) is 30.0 Å². The molecule has 0 bridgehead atoms. The Labute approximate surface area is 173 Å². The molecule has 1 heterocycles. The molecule has 1 aliphatic carbocycles. The molecule has 1 fully saturated rings. The van der Waals surface area contributed by atoms with E-state index in [1.165, 1.54) is 12.7 Å². The van der Waals surface area contributed by atoms with E-state index in [0.29, 0.717) is 19.6 Å². The van der Waals surface area contributed by atoms with Gasteiger partial charge in [0.25, 0.3) is 0 Å². The smallest absolute Gasteiger partial charge is 0.310 e. The average molecular weight is 401 g/mol. The number of hydrogen-bond acceptors (Lipinski definition) is 4. The first-order valence-corrected chi connectivity index (χ1v) is 10.7. The highest BCUT2D eigenvalue weighted by Crippen LogP contribution is 2.36. The number of carbonyl (C=O) groups is 3. The van der Waals surface area contributed by atoms with Crippen LogP contribution in [0.5, 0.6) is 0 Å². The normalized spacial score (nSPS) is 22.0. The van der Waals surface area contributed by atoms with Crippen LogP contribution in [0.1, 0.15) is 45.1 Å². The molecule has 0 saturated heterocycles. The molecule has 1 aromatic rings. The predicted molar refractivity (Wildman–Crippen MR) is 111 cm³/mol. The molecule has 2 amide bonds. The molecule has 0 radical (unpaired) electrons. The van der Waals surface area contributed by atoms with Crippen LogP contribution in [0.15, 0.2) is 24.3 Å². The SMILES string of the molecule is CCN(CC(C)C(=O)OC)C(=O)C1CCCCC1C(=O)N1CCc2ccccc21. The maximum Gasteiger partial charge on any atom is 0.310 e. The number of amides is 2. The number of benzene rings is 1. The quantitative estimate of drug-likeness (QED) is 0.689. The van der Waals surface area contributed by atoms with E-state index in [-0.39, 0.29) is 35.5 Å². The monoisotopic (exact) mass is 400 g/mol. The molecule has 0 N–H and O–H groups in total. The van der Waals surface area contributed by atoms with Gasteiger partial charge in [0.2, 0.25) is 11.8 Å². The number of hydrogen-bond donors (Lipinski definition) is 0. The van der Waals surface area contributed by atoms with E-state index in [9.17, 15) is 14.4 Å². The van der Waals surface area contributed by atoms with Gasteiger partial charge in [0.05, 0.1) is 18.9 Å². The molecule has 0 spiro atoms. The molecule has 1 saturated carbocycles. The van der Waals surface area contributed by atoms with Crippen LogP contribution in [-0.2, 0) is 25.5 Å². The lowest BCUT2D eigenvalue weighted by Crippen LogP contribution is -2.47. The van der Waals surface area contributed by atoms with Crippen molar-refractivity contribution in [1.29, 1.82) is 0 Å². The Morgan fingerprint density at radius 1 is 1.17 bits per heavy atom. The molecule has 3 rings (SSSR count). The zero-order valence-corrected chi connectivity index (χ0v) is 17.7. The van der Waals surface area contributed by atoms with Gasteiger partial charge in [-0.3, -0.25) is 14.4 Å². The van der Waals surface area contributed by atoms with Gasteiger partial charge in [0, 0.05) is 31.2 Å². The Bertz CT molecular complexity index is 763. The minimum Gasteiger partial charge on any atom is -0.469 e. The summed E-state index contributed by atoms with van der Waals surface area (Å²) >= 11 is 0. The van der Waals surface area contributed by atoms with E-state index >= 15 is 0 Å². The van der Waals surface area contributed by atoms with Gasteiger partial charge < -0.3 is 14.5 Å². The van der Waals surface area contributed by atoms with Crippen LogP contribution in [0.2, 0.25) is 0 Å². The van der Waals surface area contributed by atoms with E-state index in [2.05, 4.69) is 6.07 Å². The zero-order chi connectivity index (χ0) is 21.0. The largest absolute Gasteiger partial charge is 0.469 e. The van der Waals surface area contributed by atoms with Gasteiger partial charge in [0.15, 0.2) is 0 Å². The number of nitrogens with zero attached hydrogens (tertiary/aromatic N) is 2. The van der Waals surface area contributed by atoms with Gasteiger partial charge in [-0.1, -0.05) is 38.0 Å². The number of fused-ring (bicyclic) bond motifs is 1. The summed E-state index contributed by atoms with van der Waals surface area (Å²) in [4.78, 5) is 42.2. The number of ether oxygens (including phenoxy) is 1. The Morgan fingerprint density at radius 2 is 1.86 bits per heavy atom. The molecule has 3 atom stereocenters. The summed E-state index contributed by atoms with van der Waals surface area (Å²) in [6.45, 7) is 5.22. The fourth-order valence-corrected chi connectivity index (χ4v) is 4.71. The summed E-state index contributed by atoms with van der Waals surface area (Å²) in [7, 11) is 1.36. The van der Waals surface area contributed by atoms with Crippen LogP contribution in [0.4, 0.5) is 5.69 Å². The molecule has 158 valence electrons. The number of rotatable bonds is 6. The Hall–Kier alpha value is -2.37. The first kappa shape index (κ1) is 21.3. The van der Waals surface area contributed by atoms with Crippen LogP contribution in [0.3, 0.4) is 0 Å². The van der Waals surface area contributed by atoms with Crippen LogP contribution in [0.25, 0.3) is 0 Å². The summed E-state index contributed by atoms with van der Waals surface area (Å²) in [6, 6.07) is 8.03. The minimum absolute atomic E-state index is 0.00575. The number of anilines is 1. The summed E-state index contributed by atoms with van der Waals surface area (Å²) in [5.74, 6) is -1.23. The molecule has 6 nitrogen and oxygen atoms in total. The summed E-state index contributed by atoms with van der Waals surface area (Å²) in [5.41, 5.74) is 2.18. The van der Waals surface area contributed by atoms with Crippen molar-refractivity contribution in [2.24, 2.45) is 17.8 Å². The van der Waals surface area contributed by atoms with Crippen LogP contribution in [-0.4, -0.2) is 49.4 Å². The maximum atomic E-state index is 13.4. The molecule has 29 heavy (non-hydrogen) atoms. The van der Waals surface area contributed by atoms with Gasteiger partial charge in [0.1, 0.15) is 0 Å². The number of esters is 1. The van der Waals surface area contributed by atoms with Crippen molar-refractivity contribution in [3.63, 3.8) is 0 Å². The zero-order valence-electron chi connectivity index (χ0n) is 17.7. The van der Waals surface area contributed by atoms with Crippen molar-refractivity contribution in [3.8, 4) is 0 Å². The highest BCUT2D eigenvalue weighted by molar-refractivity contribution is 5.99. The molecule has 3 unspecified atom stereocenters. The number of methoxy groups -OCH3 is 1. The van der Waals surface area contributed by atoms with Gasteiger partial charge >= 0.3 is 5.97 Å². The fourth-order valence-electron chi connectivity index (χ4n) is 4.71. The predicted octanol–water partition coefficient (Wildman–Crippen LogP) is 3.04. The minimum atomic E-state index is -0.382. The van der Waals surface area contributed by atoms with Crippen molar-refractivity contribution in [2.75, 3.05) is 31.6 Å². The molecular formula is C23H32N2O4. The third-order valence-electron chi connectivity index (χ3n) is 6.34. The second-order valence-corrected chi connectivity index (χ2v) is 8.17. The topological polar surface area (TPSA) is 66.9 Å². The van der Waals surface area contributed by atoms with Crippen molar-refractivity contribution >= 4 is 23.5 Å². The standard InChI is InChI=1S/C23H32N2O4/c1-4-24(15-16(2)23(28)29-3)21(26)18-10-6-7-11-19(18)22(27)25-14-13-17-9-5-8-12-20(17)25/h5,8-9,12,16,18-19H,4,6-7,10-11,13-15H2,1-3H3. The third-order valence-corrected chi connectivity index (χ3v) is 6.34. The van der Waals surface area contributed by atoms with E-state index in [1.54, 1.807) is 11.8 Å². The molecule has 6 heteroatoms. The summed E-state index contributed by atoms with van der Waals surface area (Å²) in [6.07, 6.45) is 4.28. The first-order chi connectivity index (χ1) is 14.0. The van der Waals surface area contributed by atoms with E-state index in [0.717, 1.165) is 37.8 Å². The van der Waals surface area contributed by atoms with Crippen LogP contribution in [0, 0.1) is 17.8 Å². The first-order valence-electron chi connectivity index (χ1n) is 10.7. The lowest BCUT2D eigenvalue weighted by Gasteiger charge is -2.36. The molecule has 1 aliphatic heterocycles.